The van der Waals surface area contributed by atoms with Gasteiger partial charge in [-0.15, -0.1) is 0 Å². The minimum absolute atomic E-state index is 0. The molecule has 74 heteroatoms. The molecule has 6 heterocycles. The largest absolute Gasteiger partial charge is 0.477 e. The third kappa shape index (κ3) is 73.0. The summed E-state index contributed by atoms with van der Waals surface area (Å²) in [5.74, 6) is -6.05. The van der Waals surface area contributed by atoms with Gasteiger partial charge in [-0.25, -0.2) is 32.3 Å². The molecule has 2 aliphatic carbocycles. The predicted molar refractivity (Wildman–Crippen MR) is 311 cm³/mol. The second kappa shape index (κ2) is 127. The van der Waals surface area contributed by atoms with Gasteiger partial charge in [-0.1, -0.05) is 46.7 Å². The van der Waals surface area contributed by atoms with E-state index in [9.17, 15) is 36.7 Å². The summed E-state index contributed by atoms with van der Waals surface area (Å²) < 4.78 is 481. The zero-order chi connectivity index (χ0) is 103. The highest BCUT2D eigenvalue weighted by Gasteiger charge is 2.49. The lowest BCUT2D eigenvalue weighted by atomic mass is 9.81. The van der Waals surface area contributed by atoms with Crippen LogP contribution in [0.2, 0.25) is 0 Å². The summed E-state index contributed by atoms with van der Waals surface area (Å²) in [5.41, 5.74) is 13.6. The molecule has 2 saturated carbocycles. The van der Waals surface area contributed by atoms with Gasteiger partial charge in [0.2, 0.25) is 35.3 Å². The van der Waals surface area contributed by atoms with E-state index in [4.69, 9.17) is 258 Å². The van der Waals surface area contributed by atoms with Gasteiger partial charge in [-0.2, -0.15) is 9.97 Å². The Hall–Kier alpha value is -11.8. The quantitative estimate of drug-likeness (QED) is 0.0719. The Morgan fingerprint density at radius 3 is 0.944 bits per heavy atom. The Balaban J connectivity index is -0.0000000589. The van der Waals surface area contributed by atoms with E-state index in [2.05, 4.69) is 35.6 Å². The highest BCUT2D eigenvalue weighted by atomic mass is 20.0. The van der Waals surface area contributed by atoms with E-state index in [0.717, 1.165) is 27.8 Å². The number of carboxylic acid groups (broad SMARTS) is 1. The fourth-order valence-corrected chi connectivity index (χ4v) is 7.88. The minimum Gasteiger partial charge on any atom is -0.477 e. The first-order valence-electron chi connectivity index (χ1n) is 26.3. The van der Waals surface area contributed by atoms with Gasteiger partial charge in [0.1, 0.15) is 28.6 Å². The summed E-state index contributed by atoms with van der Waals surface area (Å²) in [7, 11) is 0. The van der Waals surface area contributed by atoms with Gasteiger partial charge in [-0.3, -0.25) is 18.3 Å². The molecule has 0 aliphatic heterocycles. The number of nitrogen functional groups attached to an aromatic ring is 1. The molecule has 124 heavy (non-hydrogen) atoms. The van der Waals surface area contributed by atoms with Crippen LogP contribution in [-0.4, -0.2) is 79.4 Å². The van der Waals surface area contributed by atoms with E-state index in [0.29, 0.717) is 65.4 Å². The molecule has 6 aromatic heterocycles. The van der Waals surface area contributed by atoms with Crippen molar-refractivity contribution in [1.29, 1.82) is 0 Å². The summed E-state index contributed by atoms with van der Waals surface area (Å²) in [5, 5.41) is 19.6. The second-order valence-corrected chi connectivity index (χ2v) is 17.9. The zero-order valence-electron chi connectivity index (χ0n) is 59.0. The normalized spacial score (nSPS) is 9.81. The number of nitrogens with one attached hydrogen (secondary N) is 1. The molecular weight excluding hydrogens is 1940 g/mol. The Bertz CT molecular complexity index is 3390. The molecule has 0 atom stereocenters. The minimum atomic E-state index is -2.67. The summed E-state index contributed by atoms with van der Waals surface area (Å²) in [6.45, 7) is 6.84. The SMILES string of the molecule is CC(=O)CCc1ccc2ncc(C(=O)Nc3cc(-c4noc(C5CC(F)(F)C5)n4)ccc3C)n2c1.CC(=O)CCc1ccc2ncc(C(=O)O)n2c1.Cc1ccc(-c2noc(C3CC(F)(F)C3)n2)cc1N.F.FF.FF.FF.FF.FF.FF.FF.FF.FF.FF.FF.FF.FF.FF.FF.FF.FF.FF.FF.FF.FF.FF.FF.FF.FF.FF. The van der Waals surface area contributed by atoms with Gasteiger partial charge in [0.15, 0.2) is 5.69 Å². The van der Waals surface area contributed by atoms with Crippen LogP contribution in [0.3, 0.4) is 0 Å². The number of aryl methyl sites for hydroxylation is 4. The fraction of sp³-hybridized carbons (Fsp3) is 0.320. The summed E-state index contributed by atoms with van der Waals surface area (Å²) >= 11 is 0. The Morgan fingerprint density at radius 2 is 0.677 bits per heavy atom. The van der Waals surface area contributed by atoms with Crippen molar-refractivity contribution in [3.05, 3.63) is 131 Å². The molecule has 0 bridgehead atoms. The second-order valence-electron chi connectivity index (χ2n) is 17.9. The molecule has 4 N–H and O–H groups in total. The number of hydrogen-bond donors (Lipinski definition) is 3. The van der Waals surface area contributed by atoms with Crippen molar-refractivity contribution in [2.75, 3.05) is 11.1 Å². The molecule has 2 aromatic carbocycles. The maximum atomic E-state index is 13.2. The van der Waals surface area contributed by atoms with Gasteiger partial charge in [-0.05, 0) is 87.1 Å². The number of imidazole rings is 2. The van der Waals surface area contributed by atoms with Crippen molar-refractivity contribution < 1.29 is 293 Å². The van der Waals surface area contributed by atoms with Crippen molar-refractivity contribution in [1.82, 2.24) is 39.1 Å². The lowest BCUT2D eigenvalue weighted by Crippen LogP contribution is -2.33. The number of rotatable bonds is 13. The molecule has 0 saturated heterocycles. The number of pyridine rings is 2. The van der Waals surface area contributed by atoms with E-state index in [-0.39, 0.29) is 77.1 Å². The van der Waals surface area contributed by atoms with Crippen LogP contribution in [0.5, 0.6) is 0 Å². The van der Waals surface area contributed by atoms with Crippen LogP contribution < -0.4 is 11.1 Å². The molecular formula is C50H49F57N10O7. The number of benzene rings is 2. The fourth-order valence-electron chi connectivity index (χ4n) is 7.88. The molecule has 2 fully saturated rings. The van der Waals surface area contributed by atoms with Crippen molar-refractivity contribution in [2.24, 2.45) is 0 Å². The van der Waals surface area contributed by atoms with Gasteiger partial charge in [0, 0.05) is 323 Å². The molecule has 0 radical (unpaired) electrons. The maximum absolute atomic E-state index is 13.2. The highest BCUT2D eigenvalue weighted by Crippen LogP contribution is 2.49. The number of alkyl halides is 4. The number of hydrogen-bond acceptors (Lipinski definition) is 13. The average Bonchev–Trinajstić information content (AvgIpc) is 1.66. The van der Waals surface area contributed by atoms with Gasteiger partial charge in [0.25, 0.3) is 5.91 Å². The number of aromatic nitrogens is 8. The van der Waals surface area contributed by atoms with Crippen molar-refractivity contribution in [3.8, 4) is 22.8 Å². The number of carbonyl (C=O) groups excluding carboxylic acids is 3. The first-order chi connectivity index (χ1) is 59.7. The number of carboxylic acids is 1. The average molecular weight is 1980 g/mol. The highest BCUT2D eigenvalue weighted by molar-refractivity contribution is 6.04. The van der Waals surface area contributed by atoms with E-state index >= 15 is 0 Å². The van der Waals surface area contributed by atoms with Gasteiger partial charge < -0.3 is 34.8 Å². The maximum Gasteiger partial charge on any atom is 0.354 e. The van der Waals surface area contributed by atoms with E-state index < -0.39 is 23.7 Å². The Labute approximate surface area is 646 Å². The summed E-state index contributed by atoms with van der Waals surface area (Å²) in [6.07, 6.45) is 7.42. The molecule has 17 nitrogen and oxygen atoms in total. The van der Waals surface area contributed by atoms with Crippen LogP contribution in [0.15, 0.2) is 94.5 Å². The standard InChI is InChI=1S/C25H23F2N5O3.C13H13F2N3O.C12H12N2O3.26F2.FH/c1-14-3-7-17(22-30-24(35-31-22)18-10-25(26,27)11-18)9-19(14)29-23(34)20-12-28-21-8-6-16(13-32(20)21)5-4-15(2)33;1-7-2-3-8(4-10(7)16)11-17-12(19-18-11)9-5-13(14,15)6-9;1-8(15)2-3-9-4-5-11-13-6-10(12(16)17)14(11)7-9;26*1-2;/h3,6-9,12-13,18H,4-5,10-11H2,1-2H3,(H,29,34);2-4,9H,5-6,16H2,1H3;4-7H,2-3H2,1H3,(H,16,17);;;;;;;;;;;;;;;;;;;;;;;;;;;1H. The van der Waals surface area contributed by atoms with Crippen LogP contribution >= 0.6 is 0 Å². The molecule has 0 spiro atoms. The number of ketones is 2. The number of amides is 1. The first-order valence-corrected chi connectivity index (χ1v) is 26.3. The van der Waals surface area contributed by atoms with Crippen molar-refractivity contribution in [3.63, 3.8) is 0 Å². The molecule has 740 valence electrons. The number of aromatic carboxylic acids is 1. The van der Waals surface area contributed by atoms with Crippen LogP contribution in [0.25, 0.3) is 34.1 Å². The van der Waals surface area contributed by atoms with Crippen LogP contribution in [0.4, 0.5) is 271 Å². The molecule has 10 rings (SSSR count). The monoisotopic (exact) mass is 1980 g/mol. The third-order valence-corrected chi connectivity index (χ3v) is 12.2. The van der Waals surface area contributed by atoms with Crippen LogP contribution in [0.1, 0.15) is 119 Å². The van der Waals surface area contributed by atoms with E-state index in [1.165, 1.54) is 16.8 Å². The Morgan fingerprint density at radius 1 is 0.411 bits per heavy atom. The first kappa shape index (κ1) is 163. The lowest BCUT2D eigenvalue weighted by molar-refractivity contribution is -0.117. The summed E-state index contributed by atoms with van der Waals surface area (Å²) in [6, 6.07) is 18.1. The molecule has 8 aromatic rings. The van der Waals surface area contributed by atoms with E-state index in [1.54, 1.807) is 48.7 Å². The molecule has 1 amide bonds. The number of carbonyl (C=O) groups is 4. The molecule has 2 aliphatic rings. The van der Waals surface area contributed by atoms with Crippen LogP contribution in [-0.2, 0) is 22.4 Å². The predicted octanol–water partition coefficient (Wildman–Crippen LogP) is 31.7. The number of nitrogens with zero attached hydrogens (tertiary/aromatic N) is 8. The zero-order valence-corrected chi connectivity index (χ0v) is 59.0. The lowest BCUT2D eigenvalue weighted by Gasteiger charge is -2.31. The number of nitrogens with two attached hydrogens (primary N) is 1. The number of anilines is 2. The topological polar surface area (TPSA) is 239 Å². The van der Waals surface area contributed by atoms with Gasteiger partial charge in [0.05, 0.1) is 12.4 Å². The molecule has 0 unspecified atom stereocenters. The third-order valence-electron chi connectivity index (χ3n) is 12.2. The number of fused-ring (bicyclic) bond motifs is 2. The number of halogens is 57. The van der Waals surface area contributed by atoms with Crippen LogP contribution in [0, 0.1) is 13.8 Å². The summed E-state index contributed by atoms with van der Waals surface area (Å²) in [4.78, 5) is 63.0. The number of Topliss-reactive ketones (excluding diaryl/α,β-unsaturated/α-hetero) is 2. The van der Waals surface area contributed by atoms with Crippen molar-refractivity contribution >= 4 is 46.1 Å². The smallest absolute Gasteiger partial charge is 0.354 e. The van der Waals surface area contributed by atoms with E-state index in [1.807, 2.05) is 56.4 Å². The Kier molecular flexibility index (Phi) is 167. The van der Waals surface area contributed by atoms with Gasteiger partial charge >= 0.3 is 5.97 Å². The van der Waals surface area contributed by atoms with Crippen molar-refractivity contribution in [2.45, 2.75) is 103 Å².